The van der Waals surface area contributed by atoms with Gasteiger partial charge in [0.15, 0.2) is 6.61 Å². The standard InChI is InChI=1S/C17H24BrClN2O2/c1-13-5-2-3-9-21(13)10-4-8-20-17(22)12-23-16-7-6-14(18)11-15(16)19/h6-7,11,13H,2-5,8-10,12H2,1H3,(H,20,22)/t13-/m1/s1. The molecule has 1 saturated heterocycles. The van der Waals surface area contributed by atoms with Gasteiger partial charge in [-0.15, -0.1) is 0 Å². The van der Waals surface area contributed by atoms with Gasteiger partial charge in [-0.05, 0) is 50.9 Å². The minimum atomic E-state index is -0.115. The quantitative estimate of drug-likeness (QED) is 0.703. The molecule has 1 aromatic carbocycles. The van der Waals surface area contributed by atoms with Crippen LogP contribution >= 0.6 is 27.5 Å². The zero-order valence-electron chi connectivity index (χ0n) is 13.5. The van der Waals surface area contributed by atoms with Crippen LogP contribution in [0.4, 0.5) is 0 Å². The molecule has 2 rings (SSSR count). The number of benzene rings is 1. The van der Waals surface area contributed by atoms with E-state index in [0.717, 1.165) is 17.4 Å². The monoisotopic (exact) mass is 402 g/mol. The number of halogens is 2. The Hall–Kier alpha value is -0.780. The number of carbonyl (C=O) groups excluding carboxylic acids is 1. The fourth-order valence-corrected chi connectivity index (χ4v) is 3.51. The van der Waals surface area contributed by atoms with Gasteiger partial charge >= 0.3 is 0 Å². The van der Waals surface area contributed by atoms with E-state index >= 15 is 0 Å². The molecule has 1 atom stereocenters. The number of ether oxygens (including phenoxy) is 1. The average Bonchev–Trinajstić information content (AvgIpc) is 2.52. The second-order valence-corrected chi connectivity index (χ2v) is 7.27. The Labute approximate surface area is 151 Å². The van der Waals surface area contributed by atoms with Gasteiger partial charge < -0.3 is 15.0 Å². The first-order valence-corrected chi connectivity index (χ1v) is 9.32. The van der Waals surface area contributed by atoms with Gasteiger partial charge in [0, 0.05) is 23.6 Å². The van der Waals surface area contributed by atoms with Crippen molar-refractivity contribution in [1.82, 2.24) is 10.2 Å². The number of hydrogen-bond acceptors (Lipinski definition) is 3. The number of nitrogens with zero attached hydrogens (tertiary/aromatic N) is 1. The summed E-state index contributed by atoms with van der Waals surface area (Å²) in [7, 11) is 0. The SMILES string of the molecule is C[C@@H]1CCCCN1CCCNC(=O)COc1ccc(Br)cc1Cl. The van der Waals surface area contributed by atoms with Gasteiger partial charge in [-0.1, -0.05) is 34.0 Å². The third kappa shape index (κ3) is 6.32. The average molecular weight is 404 g/mol. The summed E-state index contributed by atoms with van der Waals surface area (Å²) in [4.78, 5) is 14.3. The third-order valence-electron chi connectivity index (χ3n) is 4.14. The summed E-state index contributed by atoms with van der Waals surface area (Å²) < 4.78 is 6.32. The molecule has 0 bridgehead atoms. The Morgan fingerprint density at radius 1 is 1.48 bits per heavy atom. The molecular weight excluding hydrogens is 380 g/mol. The predicted octanol–water partition coefficient (Wildman–Crippen LogP) is 3.86. The lowest BCUT2D eigenvalue weighted by Crippen LogP contribution is -2.39. The molecule has 0 saturated carbocycles. The Morgan fingerprint density at radius 2 is 2.30 bits per heavy atom. The van der Waals surface area contributed by atoms with Gasteiger partial charge in [0.25, 0.3) is 5.91 Å². The summed E-state index contributed by atoms with van der Waals surface area (Å²) in [6.45, 7) is 5.18. The van der Waals surface area contributed by atoms with Crippen molar-refractivity contribution in [2.75, 3.05) is 26.2 Å². The highest BCUT2D eigenvalue weighted by atomic mass is 79.9. The van der Waals surface area contributed by atoms with Crippen LogP contribution in [0.3, 0.4) is 0 Å². The van der Waals surface area contributed by atoms with E-state index in [9.17, 15) is 4.79 Å². The van der Waals surface area contributed by atoms with Gasteiger partial charge in [-0.25, -0.2) is 0 Å². The van der Waals surface area contributed by atoms with Crippen LogP contribution in [0, 0.1) is 0 Å². The zero-order valence-corrected chi connectivity index (χ0v) is 15.8. The molecule has 1 fully saturated rings. The van der Waals surface area contributed by atoms with Gasteiger partial charge in [-0.2, -0.15) is 0 Å². The van der Waals surface area contributed by atoms with Crippen molar-refractivity contribution in [2.45, 2.75) is 38.6 Å². The first-order chi connectivity index (χ1) is 11.1. The normalized spacial score (nSPS) is 18.7. The van der Waals surface area contributed by atoms with E-state index in [-0.39, 0.29) is 12.5 Å². The topological polar surface area (TPSA) is 41.6 Å². The maximum Gasteiger partial charge on any atom is 0.257 e. The summed E-state index contributed by atoms with van der Waals surface area (Å²) in [6, 6.07) is 5.99. The molecule has 4 nitrogen and oxygen atoms in total. The van der Waals surface area contributed by atoms with Crippen molar-refractivity contribution in [2.24, 2.45) is 0 Å². The van der Waals surface area contributed by atoms with E-state index in [2.05, 4.69) is 33.1 Å². The van der Waals surface area contributed by atoms with E-state index in [4.69, 9.17) is 16.3 Å². The molecule has 1 N–H and O–H groups in total. The van der Waals surface area contributed by atoms with Crippen LogP contribution < -0.4 is 10.1 Å². The van der Waals surface area contributed by atoms with E-state index in [1.54, 1.807) is 12.1 Å². The predicted molar refractivity (Wildman–Crippen MR) is 97.2 cm³/mol. The van der Waals surface area contributed by atoms with Crippen molar-refractivity contribution in [3.05, 3.63) is 27.7 Å². The molecule has 1 heterocycles. The summed E-state index contributed by atoms with van der Waals surface area (Å²) >= 11 is 9.38. The number of rotatable bonds is 7. The smallest absolute Gasteiger partial charge is 0.257 e. The molecule has 1 amide bonds. The van der Waals surface area contributed by atoms with Crippen LogP contribution in [0.5, 0.6) is 5.75 Å². The zero-order chi connectivity index (χ0) is 16.7. The maximum absolute atomic E-state index is 11.8. The number of hydrogen-bond donors (Lipinski definition) is 1. The lowest BCUT2D eigenvalue weighted by molar-refractivity contribution is -0.123. The molecule has 0 radical (unpaired) electrons. The second kappa shape index (κ2) is 9.50. The van der Waals surface area contributed by atoms with Gasteiger partial charge in [0.1, 0.15) is 5.75 Å². The summed E-state index contributed by atoms with van der Waals surface area (Å²) in [5.41, 5.74) is 0. The van der Waals surface area contributed by atoms with Crippen molar-refractivity contribution < 1.29 is 9.53 Å². The van der Waals surface area contributed by atoms with Crippen LogP contribution in [0.2, 0.25) is 5.02 Å². The number of likely N-dealkylation sites (tertiary alicyclic amines) is 1. The molecular formula is C17H24BrClN2O2. The Balaban J connectivity index is 1.61. The molecule has 128 valence electrons. The van der Waals surface area contributed by atoms with Crippen LogP contribution in [0.1, 0.15) is 32.6 Å². The van der Waals surface area contributed by atoms with Crippen LogP contribution in [-0.2, 0) is 4.79 Å². The van der Waals surface area contributed by atoms with Gasteiger partial charge in [0.05, 0.1) is 5.02 Å². The lowest BCUT2D eigenvalue weighted by Gasteiger charge is -2.33. The fraction of sp³-hybridized carbons (Fsp3) is 0.588. The fourth-order valence-electron chi connectivity index (χ4n) is 2.79. The molecule has 1 aliphatic heterocycles. The number of amides is 1. The minimum Gasteiger partial charge on any atom is -0.482 e. The summed E-state index contributed by atoms with van der Waals surface area (Å²) in [6.07, 6.45) is 4.88. The second-order valence-electron chi connectivity index (χ2n) is 5.95. The van der Waals surface area contributed by atoms with E-state index in [1.165, 1.54) is 25.8 Å². The van der Waals surface area contributed by atoms with Crippen LogP contribution in [-0.4, -0.2) is 43.1 Å². The largest absolute Gasteiger partial charge is 0.482 e. The highest BCUT2D eigenvalue weighted by Gasteiger charge is 2.17. The maximum atomic E-state index is 11.8. The summed E-state index contributed by atoms with van der Waals surface area (Å²) in [5.74, 6) is 0.405. The molecule has 23 heavy (non-hydrogen) atoms. The number of nitrogens with one attached hydrogen (secondary N) is 1. The van der Waals surface area contributed by atoms with E-state index in [1.807, 2.05) is 6.07 Å². The minimum absolute atomic E-state index is 0.0124. The molecule has 0 unspecified atom stereocenters. The Morgan fingerprint density at radius 3 is 3.04 bits per heavy atom. The third-order valence-corrected chi connectivity index (χ3v) is 4.93. The first kappa shape index (κ1) is 18.6. The van der Waals surface area contributed by atoms with Crippen LogP contribution in [0.15, 0.2) is 22.7 Å². The first-order valence-electron chi connectivity index (χ1n) is 8.15. The van der Waals surface area contributed by atoms with Gasteiger partial charge in [-0.3, -0.25) is 4.79 Å². The Bertz CT molecular complexity index is 527. The van der Waals surface area contributed by atoms with Crippen molar-refractivity contribution in [1.29, 1.82) is 0 Å². The molecule has 0 spiro atoms. The van der Waals surface area contributed by atoms with Crippen molar-refractivity contribution in [3.63, 3.8) is 0 Å². The molecule has 1 aromatic rings. The van der Waals surface area contributed by atoms with E-state index in [0.29, 0.717) is 23.4 Å². The van der Waals surface area contributed by atoms with Crippen molar-refractivity contribution >= 4 is 33.4 Å². The number of piperidine rings is 1. The molecule has 1 aliphatic rings. The number of carbonyl (C=O) groups is 1. The molecule has 0 aliphatic carbocycles. The Kier molecular flexibility index (Phi) is 7.66. The molecule has 0 aromatic heterocycles. The molecule has 6 heteroatoms. The lowest BCUT2D eigenvalue weighted by atomic mass is 10.0. The van der Waals surface area contributed by atoms with Crippen molar-refractivity contribution in [3.8, 4) is 5.75 Å². The van der Waals surface area contributed by atoms with Gasteiger partial charge in [0.2, 0.25) is 0 Å². The van der Waals surface area contributed by atoms with Crippen LogP contribution in [0.25, 0.3) is 0 Å². The van der Waals surface area contributed by atoms with E-state index < -0.39 is 0 Å². The summed E-state index contributed by atoms with van der Waals surface area (Å²) in [5, 5.41) is 3.39. The highest BCUT2D eigenvalue weighted by molar-refractivity contribution is 9.10. The highest BCUT2D eigenvalue weighted by Crippen LogP contribution is 2.27.